The van der Waals surface area contributed by atoms with E-state index in [1.54, 1.807) is 33.0 Å². The number of amides is 3. The van der Waals surface area contributed by atoms with Crippen LogP contribution in [0.3, 0.4) is 0 Å². The molecule has 2 aliphatic heterocycles. The summed E-state index contributed by atoms with van der Waals surface area (Å²) in [6, 6.07) is 11.6. The van der Waals surface area contributed by atoms with Crippen molar-refractivity contribution in [1.82, 2.24) is 34.1 Å². The third-order valence-corrected chi connectivity index (χ3v) is 12.5. The number of aliphatic hydroxyl groups is 1. The summed E-state index contributed by atoms with van der Waals surface area (Å²) in [7, 11) is 1.69. The van der Waals surface area contributed by atoms with Gasteiger partial charge in [-0.3, -0.25) is 33.5 Å². The molecule has 3 N–H and O–H groups in total. The number of carbonyl (C=O) groups excluding carboxylic acids is 3. The zero-order valence-corrected chi connectivity index (χ0v) is 34.4. The van der Waals surface area contributed by atoms with Gasteiger partial charge in [0, 0.05) is 49.3 Å². The predicted molar refractivity (Wildman–Crippen MR) is 222 cm³/mol. The molecular formula is C45H49F3N8O5. The van der Waals surface area contributed by atoms with Gasteiger partial charge in [-0.25, -0.2) is 9.78 Å². The SMILES string of the molecule is Cn1c(=O)n(C2CCC(=O)NC2=O)c2cccc(C#CCC3CCN(C[C@H]4CC[C@H](n5cc6cc(NC(=O)c7cccc(C(F)(F)F)n7)c(C(C)(C)O)cc6n5)CC4)CC3)c21. The number of alkyl halides is 3. The van der Waals surface area contributed by atoms with Crippen molar-refractivity contribution in [2.75, 3.05) is 25.0 Å². The summed E-state index contributed by atoms with van der Waals surface area (Å²) in [5.74, 6) is 6.14. The Labute approximate surface area is 350 Å². The lowest BCUT2D eigenvalue weighted by atomic mass is 9.85. The van der Waals surface area contributed by atoms with E-state index in [0.717, 1.165) is 87.7 Å². The van der Waals surface area contributed by atoms with Gasteiger partial charge in [-0.05, 0) is 120 Å². The van der Waals surface area contributed by atoms with Gasteiger partial charge in [0.2, 0.25) is 11.8 Å². The van der Waals surface area contributed by atoms with Crippen molar-refractivity contribution in [3.8, 4) is 11.8 Å². The second kappa shape index (κ2) is 16.6. The number of pyridine rings is 1. The Morgan fingerprint density at radius 1 is 0.967 bits per heavy atom. The summed E-state index contributed by atoms with van der Waals surface area (Å²) in [4.78, 5) is 56.8. The smallest absolute Gasteiger partial charge is 0.386 e. The molecule has 3 aromatic heterocycles. The van der Waals surface area contributed by atoms with E-state index >= 15 is 0 Å². The molecule has 2 aromatic carbocycles. The second-order valence-electron chi connectivity index (χ2n) is 17.3. The van der Waals surface area contributed by atoms with E-state index in [9.17, 15) is 37.5 Å². The molecule has 0 radical (unpaired) electrons. The van der Waals surface area contributed by atoms with Crippen LogP contribution in [-0.2, 0) is 28.4 Å². The van der Waals surface area contributed by atoms with E-state index in [1.165, 1.54) is 15.2 Å². The van der Waals surface area contributed by atoms with Crippen LogP contribution < -0.4 is 16.3 Å². The Balaban J connectivity index is 0.848. The third kappa shape index (κ3) is 8.85. The van der Waals surface area contributed by atoms with E-state index in [4.69, 9.17) is 5.10 Å². The van der Waals surface area contributed by atoms with Crippen molar-refractivity contribution >= 4 is 45.3 Å². The van der Waals surface area contributed by atoms with Gasteiger partial charge in [-0.2, -0.15) is 18.3 Å². The molecule has 1 aliphatic carbocycles. The van der Waals surface area contributed by atoms with Crippen LogP contribution in [0.25, 0.3) is 21.9 Å². The topological polar surface area (TPSA) is 156 Å². The molecule has 61 heavy (non-hydrogen) atoms. The highest BCUT2D eigenvalue weighted by molar-refractivity contribution is 6.04. The molecule has 8 rings (SSSR count). The van der Waals surface area contributed by atoms with Crippen LogP contribution in [0.4, 0.5) is 18.9 Å². The van der Waals surface area contributed by atoms with Gasteiger partial charge in [-0.15, -0.1) is 0 Å². The number of aryl methyl sites for hydroxylation is 1. The summed E-state index contributed by atoms with van der Waals surface area (Å²) in [5.41, 5.74) is 0.114. The van der Waals surface area contributed by atoms with Gasteiger partial charge in [0.25, 0.3) is 5.91 Å². The number of carbonyl (C=O) groups is 3. The summed E-state index contributed by atoms with van der Waals surface area (Å²) in [6.07, 6.45) is 4.62. The van der Waals surface area contributed by atoms with Gasteiger partial charge in [-0.1, -0.05) is 24.0 Å². The van der Waals surface area contributed by atoms with Gasteiger partial charge in [0.05, 0.1) is 33.8 Å². The Kier molecular flexibility index (Phi) is 11.4. The second-order valence-corrected chi connectivity index (χ2v) is 17.3. The summed E-state index contributed by atoms with van der Waals surface area (Å²) >= 11 is 0. The number of likely N-dealkylation sites (tertiary alicyclic amines) is 1. The molecule has 3 fully saturated rings. The first-order valence-electron chi connectivity index (χ1n) is 20.9. The lowest BCUT2D eigenvalue weighted by Gasteiger charge is -2.36. The number of anilines is 1. The predicted octanol–water partition coefficient (Wildman–Crippen LogP) is 6.45. The minimum absolute atomic E-state index is 0.185. The van der Waals surface area contributed by atoms with Gasteiger partial charge in [0.15, 0.2) is 0 Å². The molecule has 1 unspecified atom stereocenters. The van der Waals surface area contributed by atoms with Gasteiger partial charge in [0.1, 0.15) is 17.4 Å². The van der Waals surface area contributed by atoms with Crippen LogP contribution in [0.5, 0.6) is 0 Å². The van der Waals surface area contributed by atoms with E-state index in [2.05, 4.69) is 32.4 Å². The molecule has 2 saturated heterocycles. The summed E-state index contributed by atoms with van der Waals surface area (Å²) < 4.78 is 44.8. The molecule has 16 heteroatoms. The number of nitrogens with one attached hydrogen (secondary N) is 2. The van der Waals surface area contributed by atoms with Crippen LogP contribution in [0, 0.1) is 23.7 Å². The fourth-order valence-electron chi connectivity index (χ4n) is 9.18. The molecule has 5 aromatic rings. The number of hydrogen-bond acceptors (Lipinski definition) is 8. The zero-order valence-electron chi connectivity index (χ0n) is 34.4. The standard InChI is InChI=1S/C45H49F3N8O5/c1-44(2,61)32-24-34-30(23-35(32)50-41(58)33-10-6-12-38(49-33)45(46,47)48)26-55(52-34)31-15-13-28(14-16-31)25-54-21-19-27(20-22-54)7-4-8-29-9-5-11-36-40(29)53(3)43(60)56(36)37-17-18-39(57)51-42(37)59/h5-6,9-12,23-24,26-28,31,37,61H,7,13-22,25H2,1-3H3,(H,50,58)(H,51,57,59)/t28-,31-,37?. The Morgan fingerprint density at radius 3 is 2.41 bits per heavy atom. The minimum Gasteiger partial charge on any atom is -0.386 e. The van der Waals surface area contributed by atoms with E-state index in [1.807, 2.05) is 29.1 Å². The number of fused-ring (bicyclic) bond motifs is 2. The number of hydrogen-bond donors (Lipinski definition) is 3. The molecule has 13 nitrogen and oxygen atoms in total. The van der Waals surface area contributed by atoms with E-state index in [0.29, 0.717) is 33.9 Å². The lowest BCUT2D eigenvalue weighted by molar-refractivity contribution is -0.141. The Morgan fingerprint density at radius 2 is 1.70 bits per heavy atom. The zero-order chi connectivity index (χ0) is 43.2. The number of imidazole rings is 1. The van der Waals surface area contributed by atoms with E-state index in [-0.39, 0.29) is 41.9 Å². The highest BCUT2D eigenvalue weighted by Crippen LogP contribution is 2.37. The highest BCUT2D eigenvalue weighted by Gasteiger charge is 2.34. The molecule has 3 aliphatic rings. The summed E-state index contributed by atoms with van der Waals surface area (Å²) in [6.45, 7) is 6.22. The minimum atomic E-state index is -4.69. The van der Waals surface area contributed by atoms with Crippen molar-refractivity contribution in [1.29, 1.82) is 0 Å². The average Bonchev–Trinajstić information content (AvgIpc) is 3.75. The van der Waals surface area contributed by atoms with Crippen LogP contribution >= 0.6 is 0 Å². The molecule has 0 bridgehead atoms. The quantitative estimate of drug-likeness (QED) is 0.119. The first-order chi connectivity index (χ1) is 29.0. The first-order valence-corrected chi connectivity index (χ1v) is 20.9. The molecule has 1 atom stereocenters. The van der Waals surface area contributed by atoms with Gasteiger partial charge >= 0.3 is 11.9 Å². The van der Waals surface area contributed by atoms with Crippen LogP contribution in [0.2, 0.25) is 0 Å². The van der Waals surface area contributed by atoms with Crippen LogP contribution in [0.1, 0.15) is 111 Å². The number of aromatic nitrogens is 5. The average molecular weight is 839 g/mol. The van der Waals surface area contributed by atoms with Crippen molar-refractivity contribution in [3.05, 3.63) is 87.7 Å². The fourth-order valence-corrected chi connectivity index (χ4v) is 9.18. The molecular weight excluding hydrogens is 790 g/mol. The van der Waals surface area contributed by atoms with Gasteiger partial charge < -0.3 is 15.3 Å². The van der Waals surface area contributed by atoms with Crippen molar-refractivity contribution < 1.29 is 32.7 Å². The number of halogens is 3. The summed E-state index contributed by atoms with van der Waals surface area (Å²) in [5, 5.41) is 21.6. The van der Waals surface area contributed by atoms with Crippen LogP contribution in [0.15, 0.2) is 59.5 Å². The van der Waals surface area contributed by atoms with E-state index < -0.39 is 35.3 Å². The number of nitrogens with zero attached hydrogens (tertiary/aromatic N) is 6. The highest BCUT2D eigenvalue weighted by atomic mass is 19.4. The Bertz CT molecular complexity index is 2630. The van der Waals surface area contributed by atoms with Crippen molar-refractivity contribution in [2.45, 2.75) is 95.5 Å². The number of benzene rings is 2. The maximum absolute atomic E-state index is 13.3. The largest absolute Gasteiger partial charge is 0.433 e. The molecule has 5 heterocycles. The normalized spacial score (nSPS) is 20.7. The fraction of sp³-hybridized carbons (Fsp3) is 0.467. The Hall–Kier alpha value is -5.79. The van der Waals surface area contributed by atoms with Crippen molar-refractivity contribution in [2.24, 2.45) is 18.9 Å². The first kappa shape index (κ1) is 41.9. The molecule has 3 amide bonds. The van der Waals surface area contributed by atoms with Crippen molar-refractivity contribution in [3.63, 3.8) is 0 Å². The number of imide groups is 1. The third-order valence-electron chi connectivity index (χ3n) is 12.5. The monoisotopic (exact) mass is 838 g/mol. The number of piperidine rings is 2. The molecule has 0 spiro atoms. The maximum atomic E-state index is 13.3. The van der Waals surface area contributed by atoms with Crippen LogP contribution in [-0.4, -0.2) is 71.3 Å². The molecule has 1 saturated carbocycles. The maximum Gasteiger partial charge on any atom is 0.433 e. The lowest BCUT2D eigenvalue weighted by Crippen LogP contribution is -2.44. The number of rotatable bonds is 8. The number of para-hydroxylation sites is 1. The molecule has 320 valence electrons.